The number of pyridine rings is 1. The van der Waals surface area contributed by atoms with Crippen LogP contribution in [-0.2, 0) is 4.79 Å². The molecule has 0 amide bonds. The molecule has 0 aliphatic heterocycles. The summed E-state index contributed by atoms with van der Waals surface area (Å²) < 4.78 is 13.6. The molecule has 0 bridgehead atoms. The summed E-state index contributed by atoms with van der Waals surface area (Å²) in [7, 11) is 0. The summed E-state index contributed by atoms with van der Waals surface area (Å²) in [5.74, 6) is 0.138. The topological polar surface area (TPSA) is 30.0 Å². The fourth-order valence-electron chi connectivity index (χ4n) is 2.92. The van der Waals surface area contributed by atoms with Gasteiger partial charge in [0.15, 0.2) is 0 Å². The lowest BCUT2D eigenvalue weighted by atomic mass is 9.81. The third-order valence-corrected chi connectivity index (χ3v) is 3.88. The number of halogens is 1. The minimum atomic E-state index is -0.252. The number of ketones is 1. The van der Waals surface area contributed by atoms with Gasteiger partial charge in [0.2, 0.25) is 0 Å². The van der Waals surface area contributed by atoms with Crippen molar-refractivity contribution in [2.24, 2.45) is 0 Å². The lowest BCUT2D eigenvalue weighted by Crippen LogP contribution is -2.14. The van der Waals surface area contributed by atoms with Crippen molar-refractivity contribution in [3.63, 3.8) is 0 Å². The summed E-state index contributed by atoms with van der Waals surface area (Å²) in [4.78, 5) is 16.0. The van der Waals surface area contributed by atoms with Crippen molar-refractivity contribution in [2.45, 2.75) is 31.6 Å². The number of carbonyl (C=O) groups is 1. The number of benzene rings is 1. The first-order valence-corrected chi connectivity index (χ1v) is 6.96. The van der Waals surface area contributed by atoms with E-state index in [9.17, 15) is 9.18 Å². The first-order valence-electron chi connectivity index (χ1n) is 6.96. The van der Waals surface area contributed by atoms with Crippen LogP contribution in [0.2, 0.25) is 0 Å². The van der Waals surface area contributed by atoms with Crippen LogP contribution in [0.25, 0.3) is 11.3 Å². The molecular weight excluding hydrogens is 253 g/mol. The van der Waals surface area contributed by atoms with Crippen LogP contribution in [-0.4, -0.2) is 10.8 Å². The molecule has 1 aliphatic carbocycles. The van der Waals surface area contributed by atoms with E-state index in [1.54, 1.807) is 18.3 Å². The van der Waals surface area contributed by atoms with Crippen molar-refractivity contribution in [3.8, 4) is 11.3 Å². The van der Waals surface area contributed by atoms with Crippen LogP contribution in [0.1, 0.15) is 37.2 Å². The van der Waals surface area contributed by atoms with Gasteiger partial charge in [-0.2, -0.15) is 0 Å². The van der Waals surface area contributed by atoms with E-state index < -0.39 is 0 Å². The maximum absolute atomic E-state index is 13.6. The summed E-state index contributed by atoms with van der Waals surface area (Å²) in [5, 5.41) is 0. The van der Waals surface area contributed by atoms with Crippen LogP contribution in [0.3, 0.4) is 0 Å². The summed E-state index contributed by atoms with van der Waals surface area (Å²) in [6.45, 7) is 0. The van der Waals surface area contributed by atoms with Crippen molar-refractivity contribution in [2.75, 3.05) is 0 Å². The summed E-state index contributed by atoms with van der Waals surface area (Å²) >= 11 is 0. The highest BCUT2D eigenvalue weighted by molar-refractivity contribution is 5.80. The largest absolute Gasteiger partial charge is 0.300 e. The van der Waals surface area contributed by atoms with Gasteiger partial charge in [-0.1, -0.05) is 6.07 Å². The predicted octanol–water partition coefficient (Wildman–Crippen LogP) is 4.11. The fraction of sp³-hybridized carbons (Fsp3) is 0.294. The Kier molecular flexibility index (Phi) is 3.59. The molecular formula is C17H16FNO. The second kappa shape index (κ2) is 5.53. The quantitative estimate of drug-likeness (QED) is 0.821. The van der Waals surface area contributed by atoms with Gasteiger partial charge in [0.05, 0.1) is 5.69 Å². The second-order valence-corrected chi connectivity index (χ2v) is 5.28. The van der Waals surface area contributed by atoms with Crippen LogP contribution >= 0.6 is 0 Å². The van der Waals surface area contributed by atoms with E-state index in [4.69, 9.17) is 0 Å². The molecule has 1 aliphatic rings. The van der Waals surface area contributed by atoms with Crippen molar-refractivity contribution < 1.29 is 9.18 Å². The third-order valence-electron chi connectivity index (χ3n) is 3.88. The van der Waals surface area contributed by atoms with Gasteiger partial charge >= 0.3 is 0 Å². The molecule has 1 fully saturated rings. The molecule has 0 N–H and O–H groups in total. The number of rotatable bonds is 2. The zero-order valence-corrected chi connectivity index (χ0v) is 11.2. The van der Waals surface area contributed by atoms with Crippen LogP contribution in [0.5, 0.6) is 0 Å². The molecule has 0 radical (unpaired) electrons. The van der Waals surface area contributed by atoms with Crippen LogP contribution in [0.4, 0.5) is 4.39 Å². The van der Waals surface area contributed by atoms with Crippen molar-refractivity contribution >= 4 is 5.78 Å². The highest BCUT2D eigenvalue weighted by Crippen LogP contribution is 2.36. The Bertz CT molecular complexity index is 624. The molecule has 20 heavy (non-hydrogen) atoms. The minimum Gasteiger partial charge on any atom is -0.300 e. The van der Waals surface area contributed by atoms with Crippen LogP contribution in [0, 0.1) is 5.82 Å². The summed E-state index contributed by atoms with van der Waals surface area (Å²) in [6, 6.07) is 10.5. The minimum absolute atomic E-state index is 0.115. The summed E-state index contributed by atoms with van der Waals surface area (Å²) in [5.41, 5.74) is 2.68. The molecule has 1 atom stereocenters. The van der Waals surface area contributed by atoms with E-state index in [1.807, 2.05) is 18.2 Å². The van der Waals surface area contributed by atoms with Gasteiger partial charge < -0.3 is 0 Å². The van der Waals surface area contributed by atoms with E-state index in [1.165, 1.54) is 6.07 Å². The molecule has 102 valence electrons. The van der Waals surface area contributed by atoms with Crippen molar-refractivity contribution in [3.05, 3.63) is 54.0 Å². The Morgan fingerprint density at radius 1 is 1.20 bits per heavy atom. The average Bonchev–Trinajstić information content (AvgIpc) is 2.48. The Morgan fingerprint density at radius 3 is 2.85 bits per heavy atom. The second-order valence-electron chi connectivity index (χ2n) is 5.28. The number of aromatic nitrogens is 1. The number of nitrogens with zero attached hydrogens (tertiary/aromatic N) is 1. The van der Waals surface area contributed by atoms with Gasteiger partial charge in [-0.05, 0) is 54.7 Å². The number of hydrogen-bond donors (Lipinski definition) is 0. The van der Waals surface area contributed by atoms with Gasteiger partial charge in [0.1, 0.15) is 11.6 Å². The van der Waals surface area contributed by atoms with E-state index in [0.717, 1.165) is 29.7 Å². The number of carbonyl (C=O) groups excluding carboxylic acids is 1. The average molecular weight is 269 g/mol. The molecule has 1 unspecified atom stereocenters. The normalized spacial score (nSPS) is 19.1. The maximum atomic E-state index is 13.6. The monoisotopic (exact) mass is 269 g/mol. The Labute approximate surface area is 117 Å². The summed E-state index contributed by atoms with van der Waals surface area (Å²) in [6.07, 6.45) is 4.74. The van der Waals surface area contributed by atoms with Gasteiger partial charge in [-0.25, -0.2) is 4.39 Å². The molecule has 0 saturated heterocycles. The van der Waals surface area contributed by atoms with Gasteiger partial charge in [0, 0.05) is 24.6 Å². The molecule has 1 saturated carbocycles. The molecule has 3 heteroatoms. The van der Waals surface area contributed by atoms with Crippen LogP contribution < -0.4 is 0 Å². The first kappa shape index (κ1) is 13.0. The lowest BCUT2D eigenvalue weighted by molar-refractivity contribution is -0.120. The molecule has 0 spiro atoms. The van der Waals surface area contributed by atoms with Crippen LogP contribution in [0.15, 0.2) is 42.6 Å². The maximum Gasteiger partial charge on any atom is 0.133 e. The Hall–Kier alpha value is -2.03. The van der Waals surface area contributed by atoms with E-state index >= 15 is 0 Å². The molecule has 2 aromatic rings. The SMILES string of the molecule is O=C1CCCC(c2cc(F)ccc2-c2ccccn2)C1. The smallest absolute Gasteiger partial charge is 0.133 e. The highest BCUT2D eigenvalue weighted by Gasteiger charge is 2.24. The Balaban J connectivity index is 2.05. The fourth-order valence-corrected chi connectivity index (χ4v) is 2.92. The molecule has 3 rings (SSSR count). The number of hydrogen-bond acceptors (Lipinski definition) is 2. The molecule has 1 aromatic heterocycles. The van der Waals surface area contributed by atoms with E-state index in [0.29, 0.717) is 12.8 Å². The van der Waals surface area contributed by atoms with Gasteiger partial charge in [0.25, 0.3) is 0 Å². The molecule has 2 nitrogen and oxygen atoms in total. The van der Waals surface area contributed by atoms with E-state index in [-0.39, 0.29) is 17.5 Å². The zero-order valence-electron chi connectivity index (χ0n) is 11.2. The zero-order chi connectivity index (χ0) is 13.9. The van der Waals surface area contributed by atoms with Crippen molar-refractivity contribution in [1.29, 1.82) is 0 Å². The van der Waals surface area contributed by atoms with E-state index in [2.05, 4.69) is 4.98 Å². The molecule has 1 heterocycles. The highest BCUT2D eigenvalue weighted by atomic mass is 19.1. The van der Waals surface area contributed by atoms with Gasteiger partial charge in [-0.3, -0.25) is 9.78 Å². The molecule has 1 aromatic carbocycles. The first-order chi connectivity index (χ1) is 9.74. The Morgan fingerprint density at radius 2 is 2.10 bits per heavy atom. The predicted molar refractivity (Wildman–Crippen MR) is 75.8 cm³/mol. The third kappa shape index (κ3) is 2.62. The number of Topliss-reactive ketones (excluding diaryl/α,β-unsaturated/α-hetero) is 1. The lowest BCUT2D eigenvalue weighted by Gasteiger charge is -2.23. The standard InChI is InChI=1S/C17H16FNO/c18-13-7-8-15(17-6-1-2-9-19-17)16(11-13)12-4-3-5-14(20)10-12/h1-2,6-9,11-12H,3-5,10H2. The van der Waals surface area contributed by atoms with Gasteiger partial charge in [-0.15, -0.1) is 0 Å². The van der Waals surface area contributed by atoms with Crippen molar-refractivity contribution in [1.82, 2.24) is 4.98 Å².